The smallest absolute Gasteiger partial charge is 0.0269 e. The Morgan fingerprint density at radius 3 is 2.00 bits per heavy atom. The van der Waals surface area contributed by atoms with Gasteiger partial charge in [0.05, 0.1) is 0 Å². The van der Waals surface area contributed by atoms with Crippen molar-refractivity contribution in [1.82, 2.24) is 0 Å². The average molecular weight is 151 g/mol. The van der Waals surface area contributed by atoms with Crippen molar-refractivity contribution in [3.05, 3.63) is 0 Å². The highest BCUT2D eigenvalue weighted by Gasteiger charge is 2.02. The summed E-state index contributed by atoms with van der Waals surface area (Å²) in [6.07, 6.45) is 0. The molecule has 0 aromatic carbocycles. The van der Waals surface area contributed by atoms with Gasteiger partial charge in [-0.05, 0) is 5.54 Å². The van der Waals surface area contributed by atoms with Gasteiger partial charge in [-0.3, -0.25) is 0 Å². The molecule has 0 amide bonds. The minimum atomic E-state index is 0.139. The minimum absolute atomic E-state index is 0.139. The molecule has 0 heterocycles. The van der Waals surface area contributed by atoms with E-state index in [4.69, 9.17) is 11.6 Å². The molecular weight excluding hydrogens is 136 g/mol. The van der Waals surface area contributed by atoms with Crippen molar-refractivity contribution in [2.45, 2.75) is 31.9 Å². The average Bonchev–Trinajstić information content (AvgIpc) is 1.65. The highest BCUT2D eigenvalue weighted by molar-refractivity contribution is 6.41. The lowest BCUT2D eigenvalue weighted by atomic mass is 10.5. The van der Waals surface area contributed by atoms with Crippen molar-refractivity contribution in [2.24, 2.45) is 0 Å². The van der Waals surface area contributed by atoms with Crippen LogP contribution in [0.15, 0.2) is 0 Å². The third-order valence-corrected chi connectivity index (χ3v) is 4.07. The Balaban J connectivity index is 3.10. The summed E-state index contributed by atoms with van der Waals surface area (Å²) in [4.78, 5) is 0. The maximum absolute atomic E-state index is 5.63. The normalized spacial score (nSPS) is 16.1. The summed E-state index contributed by atoms with van der Waals surface area (Å²) in [5.74, 6) is 0.865. The highest BCUT2D eigenvalue weighted by atomic mass is 35.5. The Kier molecular flexibility index (Phi) is 4.67. The third kappa shape index (κ3) is 4.66. The first kappa shape index (κ1) is 8.51. The largest absolute Gasteiger partial charge is 0.127 e. The van der Waals surface area contributed by atoms with Crippen molar-refractivity contribution >= 4 is 21.1 Å². The lowest BCUT2D eigenvalue weighted by molar-refractivity contribution is 0.976. The molecule has 0 aliphatic rings. The molecule has 8 heavy (non-hydrogen) atoms. The topological polar surface area (TPSA) is 0 Å². The van der Waals surface area contributed by atoms with Crippen LogP contribution >= 0.6 is 11.6 Å². The molecule has 0 fully saturated rings. The van der Waals surface area contributed by atoms with Gasteiger partial charge in [-0.15, -0.1) is 11.6 Å². The monoisotopic (exact) mass is 150 g/mol. The Hall–Kier alpha value is 0.507. The van der Waals surface area contributed by atoms with Gasteiger partial charge >= 0.3 is 0 Å². The lowest BCUT2D eigenvalue weighted by Crippen LogP contribution is -2.03. The zero-order valence-corrected chi connectivity index (χ0v) is 8.12. The third-order valence-electron chi connectivity index (χ3n) is 1.14. The molecule has 0 rings (SSSR count). The zero-order valence-electron chi connectivity index (χ0n) is 5.95. The fourth-order valence-corrected chi connectivity index (χ4v) is 2.98. The molecule has 1 atom stereocenters. The summed E-state index contributed by atoms with van der Waals surface area (Å²) >= 11 is 5.63. The van der Waals surface area contributed by atoms with Crippen LogP contribution in [0.2, 0.25) is 11.1 Å². The molecule has 0 aromatic rings. The molecule has 2 heteroatoms. The summed E-state index contributed by atoms with van der Waals surface area (Å²) < 4.78 is 0. The van der Waals surface area contributed by atoms with E-state index >= 15 is 0 Å². The Bertz CT molecular complexity index is 54.5. The van der Waals surface area contributed by atoms with Gasteiger partial charge in [0.2, 0.25) is 0 Å². The van der Waals surface area contributed by atoms with Crippen molar-refractivity contribution < 1.29 is 0 Å². The minimum Gasteiger partial charge on any atom is -0.127 e. The van der Waals surface area contributed by atoms with Crippen LogP contribution in [0.3, 0.4) is 0 Å². The van der Waals surface area contributed by atoms with Gasteiger partial charge in [-0.2, -0.15) is 0 Å². The van der Waals surface area contributed by atoms with Crippen LogP contribution < -0.4 is 0 Å². The molecule has 0 spiro atoms. The van der Waals surface area contributed by atoms with E-state index in [9.17, 15) is 0 Å². The van der Waals surface area contributed by atoms with Gasteiger partial charge in [-0.25, -0.2) is 0 Å². The second-order valence-electron chi connectivity index (χ2n) is 2.89. The fraction of sp³-hybridized carbons (Fsp3) is 1.00. The second-order valence-corrected chi connectivity index (χ2v) is 6.70. The summed E-state index contributed by atoms with van der Waals surface area (Å²) in [5.41, 5.74) is 1.76. The Morgan fingerprint density at radius 1 is 1.38 bits per heavy atom. The van der Waals surface area contributed by atoms with Crippen molar-refractivity contribution in [1.29, 1.82) is 0 Å². The fourth-order valence-electron chi connectivity index (χ4n) is 0.868. The van der Waals surface area contributed by atoms with Crippen LogP contribution in [-0.4, -0.2) is 15.4 Å². The van der Waals surface area contributed by atoms with Crippen LogP contribution in [0.4, 0.5) is 0 Å². The maximum Gasteiger partial charge on any atom is 0.0269 e. The Morgan fingerprint density at radius 2 is 1.88 bits per heavy atom. The number of rotatable bonds is 3. The summed E-state index contributed by atoms with van der Waals surface area (Å²) in [6, 6.07) is 0. The Labute approximate surface area is 59.4 Å². The second kappa shape index (κ2) is 4.39. The van der Waals surface area contributed by atoms with E-state index in [0.29, 0.717) is 0 Å². The van der Waals surface area contributed by atoms with Gasteiger partial charge in [0.1, 0.15) is 0 Å². The molecule has 0 N–H and O–H groups in total. The molecule has 0 bridgehead atoms. The molecule has 0 saturated heterocycles. The molecule has 0 aliphatic carbocycles. The highest BCUT2D eigenvalue weighted by Crippen LogP contribution is 2.11. The van der Waals surface area contributed by atoms with E-state index < -0.39 is 0 Å². The van der Waals surface area contributed by atoms with Gasteiger partial charge in [0, 0.05) is 15.4 Å². The van der Waals surface area contributed by atoms with E-state index in [-0.39, 0.29) is 9.52 Å². The zero-order chi connectivity index (χ0) is 6.57. The van der Waals surface area contributed by atoms with E-state index in [1.165, 1.54) is 0 Å². The van der Waals surface area contributed by atoms with E-state index in [1.54, 1.807) is 0 Å². The van der Waals surface area contributed by atoms with Crippen LogP contribution in [-0.2, 0) is 0 Å². The van der Waals surface area contributed by atoms with Crippen molar-refractivity contribution in [3.63, 3.8) is 0 Å². The van der Waals surface area contributed by atoms with Gasteiger partial charge in [0.15, 0.2) is 0 Å². The number of hydrogen-bond donors (Lipinski definition) is 0. The van der Waals surface area contributed by atoms with Crippen LogP contribution in [0.1, 0.15) is 20.8 Å². The number of alkyl halides is 1. The number of hydrogen-bond acceptors (Lipinski definition) is 0. The van der Waals surface area contributed by atoms with Crippen LogP contribution in [0.25, 0.3) is 0 Å². The summed E-state index contributed by atoms with van der Waals surface area (Å²) in [5, 5.41) is 0. The van der Waals surface area contributed by atoms with Crippen molar-refractivity contribution in [2.75, 3.05) is 5.88 Å². The number of halogens is 1. The van der Waals surface area contributed by atoms with Gasteiger partial charge in [-0.1, -0.05) is 26.3 Å². The molecule has 0 saturated carbocycles. The summed E-state index contributed by atoms with van der Waals surface area (Å²) in [6.45, 7) is 6.82. The molecule has 0 aliphatic heterocycles. The van der Waals surface area contributed by atoms with Crippen LogP contribution in [0, 0.1) is 0 Å². The molecule has 50 valence electrons. The summed E-state index contributed by atoms with van der Waals surface area (Å²) in [7, 11) is 0.139. The van der Waals surface area contributed by atoms with Crippen molar-refractivity contribution in [3.8, 4) is 0 Å². The van der Waals surface area contributed by atoms with Gasteiger partial charge < -0.3 is 0 Å². The maximum atomic E-state index is 5.63. The molecule has 0 radical (unpaired) electrons. The molecule has 0 aromatic heterocycles. The van der Waals surface area contributed by atoms with E-state index in [2.05, 4.69) is 20.8 Å². The van der Waals surface area contributed by atoms with E-state index in [1.807, 2.05) is 0 Å². The first-order chi connectivity index (χ1) is 3.66. The molecule has 1 unspecified atom stereocenters. The molecule has 0 nitrogen and oxygen atoms in total. The first-order valence-electron chi connectivity index (χ1n) is 3.22. The first-order valence-corrected chi connectivity index (χ1v) is 5.39. The van der Waals surface area contributed by atoms with Crippen LogP contribution in [0.5, 0.6) is 0 Å². The molecular formula is C6H15ClSi. The van der Waals surface area contributed by atoms with Gasteiger partial charge in [0.25, 0.3) is 0 Å². The predicted molar refractivity (Wildman–Crippen MR) is 43.8 cm³/mol. The quantitative estimate of drug-likeness (QED) is 0.427. The van der Waals surface area contributed by atoms with E-state index in [0.717, 1.165) is 17.0 Å². The predicted octanol–water partition coefficient (Wildman–Crippen LogP) is 2.03. The lowest BCUT2D eigenvalue weighted by Gasteiger charge is -2.07. The SMILES string of the molecule is CC(C)[SiH2]C(C)CCl. The standard InChI is InChI=1S/C6H15ClSi/c1-5(2)8-6(3)4-7/h5-6H,4,8H2,1-3H3.